The number of nitrogens with one attached hydrogen (secondary N) is 1. The van der Waals surface area contributed by atoms with E-state index in [2.05, 4.69) is 15.3 Å². The van der Waals surface area contributed by atoms with E-state index in [1.807, 2.05) is 0 Å². The van der Waals surface area contributed by atoms with Gasteiger partial charge in [0.1, 0.15) is 11.5 Å². The van der Waals surface area contributed by atoms with Crippen LogP contribution in [0, 0.1) is 5.82 Å². The van der Waals surface area contributed by atoms with Gasteiger partial charge in [0, 0.05) is 11.9 Å². The summed E-state index contributed by atoms with van der Waals surface area (Å²) in [5.74, 6) is -2.86. The third kappa shape index (κ3) is 3.44. The van der Waals surface area contributed by atoms with Gasteiger partial charge in [0.15, 0.2) is 0 Å². The number of hydrogen-bond donors (Lipinski definition) is 2. The van der Waals surface area contributed by atoms with E-state index in [0.717, 1.165) is 18.3 Å². The fourth-order valence-corrected chi connectivity index (χ4v) is 1.47. The van der Waals surface area contributed by atoms with Gasteiger partial charge in [0.05, 0.1) is 5.56 Å². The Bertz CT molecular complexity index is 688. The molecule has 2 aromatic rings. The van der Waals surface area contributed by atoms with Crippen LogP contribution >= 0.6 is 0 Å². The lowest BCUT2D eigenvalue weighted by molar-refractivity contribution is -0.141. The van der Waals surface area contributed by atoms with Gasteiger partial charge < -0.3 is 10.4 Å². The molecule has 0 aliphatic rings. The van der Waals surface area contributed by atoms with Crippen LogP contribution in [0.2, 0.25) is 0 Å². The number of carboxylic acids is 1. The Morgan fingerprint density at radius 3 is 2.52 bits per heavy atom. The lowest BCUT2D eigenvalue weighted by Crippen LogP contribution is -2.10. The number of carbonyl (C=O) groups is 1. The first-order valence-corrected chi connectivity index (χ1v) is 5.47. The molecule has 0 spiro atoms. The lowest BCUT2D eigenvalue weighted by Gasteiger charge is -2.09. The van der Waals surface area contributed by atoms with Crippen LogP contribution in [0.15, 0.2) is 30.5 Å². The minimum absolute atomic E-state index is 0.0248. The molecule has 0 aliphatic heterocycles. The minimum atomic E-state index is -4.63. The number of aromatic carboxylic acids is 1. The van der Waals surface area contributed by atoms with Gasteiger partial charge in [0.25, 0.3) is 0 Å². The van der Waals surface area contributed by atoms with Crippen molar-refractivity contribution < 1.29 is 27.5 Å². The van der Waals surface area contributed by atoms with E-state index in [1.165, 1.54) is 6.07 Å². The molecular weight excluding hydrogens is 294 g/mol. The molecule has 2 rings (SSSR count). The van der Waals surface area contributed by atoms with Crippen LogP contribution in [0.5, 0.6) is 0 Å². The van der Waals surface area contributed by atoms with Crippen molar-refractivity contribution in [1.29, 1.82) is 0 Å². The third-order valence-electron chi connectivity index (χ3n) is 2.40. The maximum atomic E-state index is 13.4. The number of carboxylic acid groups (broad SMARTS) is 1. The highest BCUT2D eigenvalue weighted by atomic mass is 19.4. The molecule has 1 aromatic heterocycles. The summed E-state index contributed by atoms with van der Waals surface area (Å²) in [7, 11) is 0. The van der Waals surface area contributed by atoms with Gasteiger partial charge in [-0.05, 0) is 24.3 Å². The van der Waals surface area contributed by atoms with E-state index in [0.29, 0.717) is 6.07 Å². The first kappa shape index (κ1) is 14.7. The maximum absolute atomic E-state index is 13.4. The van der Waals surface area contributed by atoms with Crippen molar-refractivity contribution in [2.45, 2.75) is 6.18 Å². The van der Waals surface area contributed by atoms with Crippen molar-refractivity contribution in [1.82, 2.24) is 9.97 Å². The van der Waals surface area contributed by atoms with Crippen LogP contribution < -0.4 is 5.32 Å². The number of aromatic nitrogens is 2. The molecule has 0 saturated heterocycles. The first-order valence-electron chi connectivity index (χ1n) is 5.47. The van der Waals surface area contributed by atoms with Gasteiger partial charge in [-0.15, -0.1) is 0 Å². The van der Waals surface area contributed by atoms with Gasteiger partial charge >= 0.3 is 12.1 Å². The van der Waals surface area contributed by atoms with E-state index in [1.54, 1.807) is 0 Å². The molecule has 9 heteroatoms. The smallest absolute Gasteiger partial charge is 0.433 e. The molecule has 0 radical (unpaired) electrons. The van der Waals surface area contributed by atoms with Crippen molar-refractivity contribution in [3.63, 3.8) is 0 Å². The van der Waals surface area contributed by atoms with Crippen molar-refractivity contribution in [3.05, 3.63) is 47.5 Å². The van der Waals surface area contributed by atoms with Crippen molar-refractivity contribution in [2.75, 3.05) is 5.32 Å². The first-order chi connectivity index (χ1) is 9.77. The van der Waals surface area contributed by atoms with Crippen molar-refractivity contribution in [3.8, 4) is 0 Å². The van der Waals surface area contributed by atoms with Gasteiger partial charge in [-0.3, -0.25) is 0 Å². The second kappa shape index (κ2) is 5.35. The zero-order valence-electron chi connectivity index (χ0n) is 10.1. The predicted molar refractivity (Wildman–Crippen MR) is 63.7 cm³/mol. The fourth-order valence-electron chi connectivity index (χ4n) is 1.47. The average Bonchev–Trinajstić information content (AvgIpc) is 2.37. The molecule has 110 valence electrons. The predicted octanol–water partition coefficient (Wildman–Crippen LogP) is 3.08. The monoisotopic (exact) mass is 301 g/mol. The summed E-state index contributed by atoms with van der Waals surface area (Å²) in [5, 5.41) is 11.0. The van der Waals surface area contributed by atoms with E-state index < -0.39 is 29.2 Å². The van der Waals surface area contributed by atoms with Crippen molar-refractivity contribution >= 4 is 17.6 Å². The zero-order valence-corrected chi connectivity index (χ0v) is 10.1. The molecule has 0 unspecified atom stereocenters. The number of anilines is 2. The Kier molecular flexibility index (Phi) is 3.74. The molecule has 21 heavy (non-hydrogen) atoms. The number of rotatable bonds is 3. The summed E-state index contributed by atoms with van der Waals surface area (Å²) in [6.45, 7) is 0. The van der Waals surface area contributed by atoms with Crippen molar-refractivity contribution in [2.24, 2.45) is 0 Å². The standard InChI is InChI=1S/C12H7F4N3O2/c13-8-5-6(1-2-7(8)10(20)21)18-11-17-4-3-9(19-11)12(14,15)16/h1-5H,(H,20,21)(H,17,18,19). The third-order valence-corrected chi connectivity index (χ3v) is 2.40. The number of nitrogens with zero attached hydrogens (tertiary/aromatic N) is 2. The molecular formula is C12H7F4N3O2. The minimum Gasteiger partial charge on any atom is -0.478 e. The average molecular weight is 301 g/mol. The number of alkyl halides is 3. The van der Waals surface area contributed by atoms with Crippen LogP contribution in [0.3, 0.4) is 0 Å². The molecule has 1 heterocycles. The molecule has 0 aliphatic carbocycles. The summed E-state index contributed by atoms with van der Waals surface area (Å²) in [4.78, 5) is 17.5. The molecule has 0 bridgehead atoms. The molecule has 0 atom stereocenters. The Morgan fingerprint density at radius 1 is 1.24 bits per heavy atom. The van der Waals surface area contributed by atoms with Gasteiger partial charge in [-0.2, -0.15) is 13.2 Å². The number of benzene rings is 1. The van der Waals surface area contributed by atoms with Crippen LogP contribution in [0.4, 0.5) is 29.2 Å². The zero-order chi connectivity index (χ0) is 15.6. The highest BCUT2D eigenvalue weighted by molar-refractivity contribution is 5.88. The molecule has 5 nitrogen and oxygen atoms in total. The van der Waals surface area contributed by atoms with E-state index in [4.69, 9.17) is 5.11 Å². The summed E-state index contributed by atoms with van der Waals surface area (Å²) in [6.07, 6.45) is -3.72. The Morgan fingerprint density at radius 2 is 1.95 bits per heavy atom. The van der Waals surface area contributed by atoms with E-state index in [9.17, 15) is 22.4 Å². The molecule has 0 saturated carbocycles. The topological polar surface area (TPSA) is 75.1 Å². The Hall–Kier alpha value is -2.71. The summed E-state index contributed by atoms with van der Waals surface area (Å²) < 4.78 is 50.8. The molecule has 2 N–H and O–H groups in total. The summed E-state index contributed by atoms with van der Waals surface area (Å²) in [5.41, 5.74) is -1.68. The van der Waals surface area contributed by atoms with E-state index in [-0.39, 0.29) is 11.6 Å². The second-order valence-electron chi connectivity index (χ2n) is 3.89. The van der Waals surface area contributed by atoms with Crippen LogP contribution in [-0.4, -0.2) is 21.0 Å². The Labute approximate surface area is 115 Å². The molecule has 0 amide bonds. The van der Waals surface area contributed by atoms with Crippen LogP contribution in [0.25, 0.3) is 0 Å². The second-order valence-corrected chi connectivity index (χ2v) is 3.89. The lowest BCUT2D eigenvalue weighted by atomic mass is 10.2. The van der Waals surface area contributed by atoms with Gasteiger partial charge in [-0.25, -0.2) is 19.2 Å². The Balaban J connectivity index is 2.27. The summed E-state index contributed by atoms with van der Waals surface area (Å²) >= 11 is 0. The highest BCUT2D eigenvalue weighted by Gasteiger charge is 2.32. The number of hydrogen-bond acceptors (Lipinski definition) is 4. The largest absolute Gasteiger partial charge is 0.478 e. The SMILES string of the molecule is O=C(O)c1ccc(Nc2nccc(C(F)(F)F)n2)cc1F. The van der Waals surface area contributed by atoms with Gasteiger partial charge in [-0.1, -0.05) is 0 Å². The van der Waals surface area contributed by atoms with Crippen LogP contribution in [0.1, 0.15) is 16.1 Å². The van der Waals surface area contributed by atoms with Crippen LogP contribution in [-0.2, 0) is 6.18 Å². The maximum Gasteiger partial charge on any atom is 0.433 e. The van der Waals surface area contributed by atoms with Gasteiger partial charge in [0.2, 0.25) is 5.95 Å². The quantitative estimate of drug-likeness (QED) is 0.852. The highest BCUT2D eigenvalue weighted by Crippen LogP contribution is 2.28. The molecule has 1 aromatic carbocycles. The molecule has 0 fully saturated rings. The van der Waals surface area contributed by atoms with E-state index >= 15 is 0 Å². The summed E-state index contributed by atoms with van der Waals surface area (Å²) in [6, 6.07) is 3.69. The fraction of sp³-hybridized carbons (Fsp3) is 0.0833. The normalized spacial score (nSPS) is 11.2. The number of halogens is 4.